The van der Waals surface area contributed by atoms with E-state index in [9.17, 15) is 9.90 Å². The third kappa shape index (κ3) is 3.01. The van der Waals surface area contributed by atoms with Gasteiger partial charge in [0.15, 0.2) is 0 Å². The van der Waals surface area contributed by atoms with Crippen molar-refractivity contribution in [2.24, 2.45) is 11.3 Å². The summed E-state index contributed by atoms with van der Waals surface area (Å²) in [5.41, 5.74) is 0.360. The molecule has 2 rings (SSSR count). The molecule has 3 nitrogen and oxygen atoms in total. The normalized spacial score (nSPS) is 34.5. The van der Waals surface area contributed by atoms with Gasteiger partial charge in [0.1, 0.15) is 0 Å². The van der Waals surface area contributed by atoms with Crippen LogP contribution in [0.3, 0.4) is 0 Å². The predicted molar refractivity (Wildman–Crippen MR) is 68.0 cm³/mol. The zero-order valence-electron chi connectivity index (χ0n) is 11.1. The average molecular weight is 239 g/mol. The minimum absolute atomic E-state index is 0.127. The number of likely N-dealkylation sites (tertiary alicyclic amines) is 1. The van der Waals surface area contributed by atoms with Crippen molar-refractivity contribution in [3.63, 3.8) is 0 Å². The smallest absolute Gasteiger partial charge is 0.308 e. The Morgan fingerprint density at radius 1 is 1.24 bits per heavy atom. The van der Waals surface area contributed by atoms with E-state index in [1.165, 1.54) is 19.3 Å². The highest BCUT2D eigenvalue weighted by atomic mass is 16.4. The van der Waals surface area contributed by atoms with Crippen molar-refractivity contribution in [2.75, 3.05) is 13.1 Å². The summed E-state index contributed by atoms with van der Waals surface area (Å²) >= 11 is 0. The number of aliphatic carboxylic acids is 1. The van der Waals surface area contributed by atoms with E-state index < -0.39 is 5.97 Å². The predicted octanol–water partition coefficient (Wildman–Crippen LogP) is 2.75. The van der Waals surface area contributed by atoms with Gasteiger partial charge >= 0.3 is 5.97 Å². The molecule has 3 heteroatoms. The number of hydrogen-bond donors (Lipinski definition) is 1. The molecule has 0 amide bonds. The van der Waals surface area contributed by atoms with E-state index in [-0.39, 0.29) is 5.92 Å². The fourth-order valence-corrected chi connectivity index (χ4v) is 3.59. The molecule has 0 aromatic heterocycles. The zero-order chi connectivity index (χ0) is 12.5. The molecule has 2 aliphatic rings. The maximum Gasteiger partial charge on any atom is 0.308 e. The summed E-state index contributed by atoms with van der Waals surface area (Å²) in [6, 6.07) is 0.292. The number of carboxylic acid groups (broad SMARTS) is 1. The highest BCUT2D eigenvalue weighted by Crippen LogP contribution is 2.35. The van der Waals surface area contributed by atoms with Gasteiger partial charge in [-0.1, -0.05) is 26.7 Å². The maximum absolute atomic E-state index is 11.3. The Hall–Kier alpha value is -0.570. The van der Waals surface area contributed by atoms with Gasteiger partial charge in [-0.25, -0.2) is 0 Å². The Morgan fingerprint density at radius 2 is 1.94 bits per heavy atom. The number of rotatable bonds is 2. The summed E-state index contributed by atoms with van der Waals surface area (Å²) in [5.74, 6) is -0.712. The molecule has 2 atom stereocenters. The van der Waals surface area contributed by atoms with Crippen LogP contribution in [0.25, 0.3) is 0 Å². The second kappa shape index (κ2) is 4.97. The van der Waals surface area contributed by atoms with Gasteiger partial charge in [-0.2, -0.15) is 0 Å². The number of piperidine rings is 1. The van der Waals surface area contributed by atoms with Crippen LogP contribution in [0.5, 0.6) is 0 Å². The lowest BCUT2D eigenvalue weighted by molar-refractivity contribution is -0.146. The van der Waals surface area contributed by atoms with E-state index in [1.807, 2.05) is 0 Å². The van der Waals surface area contributed by atoms with Crippen LogP contribution in [0.2, 0.25) is 0 Å². The molecule has 1 saturated heterocycles. The van der Waals surface area contributed by atoms with E-state index in [0.29, 0.717) is 11.5 Å². The third-order valence-corrected chi connectivity index (χ3v) is 4.45. The van der Waals surface area contributed by atoms with Crippen LogP contribution in [0.15, 0.2) is 0 Å². The molecule has 1 N–H and O–H groups in total. The zero-order valence-corrected chi connectivity index (χ0v) is 11.1. The van der Waals surface area contributed by atoms with E-state index in [0.717, 1.165) is 32.4 Å². The second-order valence-electron chi connectivity index (χ2n) is 6.53. The standard InChI is InChI=1S/C14H25NO2/c1-14(2)8-5-9-15(10-14)12-7-4-3-6-11(12)13(16)17/h11-12H,3-10H2,1-2H3,(H,16,17). The largest absolute Gasteiger partial charge is 0.481 e. The first-order valence-electron chi connectivity index (χ1n) is 6.96. The number of hydrogen-bond acceptors (Lipinski definition) is 2. The highest BCUT2D eigenvalue weighted by molar-refractivity contribution is 5.71. The Balaban J connectivity index is 2.05. The second-order valence-corrected chi connectivity index (χ2v) is 6.53. The molecule has 0 radical (unpaired) electrons. The lowest BCUT2D eigenvalue weighted by Crippen LogP contribution is -2.51. The molecule has 17 heavy (non-hydrogen) atoms. The van der Waals surface area contributed by atoms with Crippen LogP contribution >= 0.6 is 0 Å². The number of carbonyl (C=O) groups is 1. The van der Waals surface area contributed by atoms with E-state index >= 15 is 0 Å². The van der Waals surface area contributed by atoms with Crippen LogP contribution in [-0.4, -0.2) is 35.1 Å². The lowest BCUT2D eigenvalue weighted by Gasteiger charge is -2.45. The number of nitrogens with zero attached hydrogens (tertiary/aromatic N) is 1. The Morgan fingerprint density at radius 3 is 2.59 bits per heavy atom. The first kappa shape index (κ1) is 12.9. The van der Waals surface area contributed by atoms with Gasteiger partial charge in [-0.3, -0.25) is 9.69 Å². The van der Waals surface area contributed by atoms with Gasteiger partial charge in [0.2, 0.25) is 0 Å². The Bertz CT molecular complexity index is 288. The van der Waals surface area contributed by atoms with Gasteiger partial charge in [0.25, 0.3) is 0 Å². The highest BCUT2D eigenvalue weighted by Gasteiger charge is 2.38. The van der Waals surface area contributed by atoms with Crippen molar-refractivity contribution in [3.8, 4) is 0 Å². The summed E-state index contributed by atoms with van der Waals surface area (Å²) in [6.07, 6.45) is 6.73. The number of carboxylic acids is 1. The molecule has 0 aromatic carbocycles. The quantitative estimate of drug-likeness (QED) is 0.805. The molecular formula is C14H25NO2. The van der Waals surface area contributed by atoms with Gasteiger partial charge in [-0.05, 0) is 37.6 Å². The van der Waals surface area contributed by atoms with Crippen molar-refractivity contribution >= 4 is 5.97 Å². The van der Waals surface area contributed by atoms with Crippen molar-refractivity contribution in [3.05, 3.63) is 0 Å². The lowest BCUT2D eigenvalue weighted by atomic mass is 9.79. The van der Waals surface area contributed by atoms with Crippen LogP contribution in [0, 0.1) is 11.3 Å². The molecule has 2 unspecified atom stereocenters. The van der Waals surface area contributed by atoms with Crippen LogP contribution in [-0.2, 0) is 4.79 Å². The summed E-state index contributed by atoms with van der Waals surface area (Å²) in [4.78, 5) is 13.8. The van der Waals surface area contributed by atoms with E-state index in [4.69, 9.17) is 0 Å². The fourth-order valence-electron chi connectivity index (χ4n) is 3.59. The molecule has 1 aliphatic heterocycles. The fraction of sp³-hybridized carbons (Fsp3) is 0.929. The molecule has 0 aromatic rings. The summed E-state index contributed by atoms with van der Waals surface area (Å²) in [7, 11) is 0. The van der Waals surface area contributed by atoms with Gasteiger partial charge in [0, 0.05) is 12.6 Å². The molecule has 2 fully saturated rings. The summed E-state index contributed by atoms with van der Waals surface area (Å²) < 4.78 is 0. The molecule has 1 heterocycles. The third-order valence-electron chi connectivity index (χ3n) is 4.45. The molecule has 0 bridgehead atoms. The van der Waals surface area contributed by atoms with E-state index in [1.54, 1.807) is 0 Å². The van der Waals surface area contributed by atoms with Crippen molar-refractivity contribution in [1.82, 2.24) is 4.90 Å². The van der Waals surface area contributed by atoms with E-state index in [2.05, 4.69) is 18.7 Å². The van der Waals surface area contributed by atoms with Crippen LogP contribution < -0.4 is 0 Å². The maximum atomic E-state index is 11.3. The van der Waals surface area contributed by atoms with Crippen molar-refractivity contribution in [2.45, 2.75) is 58.4 Å². The topological polar surface area (TPSA) is 40.5 Å². The minimum Gasteiger partial charge on any atom is -0.481 e. The Labute approximate surface area is 104 Å². The minimum atomic E-state index is -0.585. The SMILES string of the molecule is CC1(C)CCCN(C2CCCCC2C(=O)O)C1. The van der Waals surface area contributed by atoms with Gasteiger partial charge in [-0.15, -0.1) is 0 Å². The Kier molecular flexibility index (Phi) is 3.76. The van der Waals surface area contributed by atoms with Gasteiger partial charge in [0.05, 0.1) is 5.92 Å². The first-order chi connectivity index (χ1) is 7.99. The van der Waals surface area contributed by atoms with Crippen LogP contribution in [0.4, 0.5) is 0 Å². The first-order valence-corrected chi connectivity index (χ1v) is 6.96. The van der Waals surface area contributed by atoms with Crippen molar-refractivity contribution in [1.29, 1.82) is 0 Å². The van der Waals surface area contributed by atoms with Crippen molar-refractivity contribution < 1.29 is 9.90 Å². The summed E-state index contributed by atoms with van der Waals surface area (Å²) in [5, 5.41) is 9.34. The molecule has 1 aliphatic carbocycles. The molecule has 98 valence electrons. The summed E-state index contributed by atoms with van der Waals surface area (Å²) in [6.45, 7) is 6.77. The van der Waals surface area contributed by atoms with Crippen LogP contribution in [0.1, 0.15) is 52.4 Å². The molecule has 1 saturated carbocycles. The molecular weight excluding hydrogens is 214 g/mol. The molecule has 0 spiro atoms. The van der Waals surface area contributed by atoms with Gasteiger partial charge < -0.3 is 5.11 Å². The monoisotopic (exact) mass is 239 g/mol. The average Bonchev–Trinajstić information content (AvgIpc) is 2.27.